The summed E-state index contributed by atoms with van der Waals surface area (Å²) in [6.07, 6.45) is -6.52. The molecule has 0 aliphatic rings. The zero-order chi connectivity index (χ0) is 21.1. The van der Waals surface area contributed by atoms with Crippen molar-refractivity contribution in [2.45, 2.75) is 18.8 Å². The number of nitrogens with two attached hydrogens (primary N) is 1. The van der Waals surface area contributed by atoms with Crippen molar-refractivity contribution in [3.8, 4) is 17.0 Å². The van der Waals surface area contributed by atoms with Crippen LogP contribution in [0.25, 0.3) is 11.3 Å². The maximum atomic E-state index is 12.5. The molecule has 0 saturated carbocycles. The Bertz CT molecular complexity index is 990. The van der Waals surface area contributed by atoms with Crippen molar-refractivity contribution in [2.24, 2.45) is 5.73 Å². The number of aromatic nitrogens is 2. The molecule has 1 aromatic heterocycles. The molecule has 0 unspecified atom stereocenters. The number of benzene rings is 1. The third-order valence-corrected chi connectivity index (χ3v) is 4.18. The van der Waals surface area contributed by atoms with Crippen LogP contribution in [0.15, 0.2) is 29.1 Å². The molecule has 2 rings (SSSR count). The molecule has 1 atom stereocenters. The Hall–Kier alpha value is -2.37. The third kappa shape index (κ3) is 5.12. The molecule has 0 saturated heterocycles. The molecule has 0 radical (unpaired) electrons. The van der Waals surface area contributed by atoms with Crippen molar-refractivity contribution >= 4 is 29.8 Å². The van der Waals surface area contributed by atoms with Gasteiger partial charge in [0.25, 0.3) is 5.56 Å². The molecule has 0 amide bonds. The second-order valence-electron chi connectivity index (χ2n) is 5.54. The minimum Gasteiger partial charge on any atom is -0.496 e. The van der Waals surface area contributed by atoms with Crippen molar-refractivity contribution in [3.63, 3.8) is 0 Å². The van der Waals surface area contributed by atoms with Crippen LogP contribution in [0.1, 0.15) is 0 Å². The Balaban J connectivity index is 2.54. The van der Waals surface area contributed by atoms with E-state index in [0.717, 1.165) is 0 Å². The average Bonchev–Trinajstić information content (AvgIpc) is 2.61. The molecule has 0 aliphatic heterocycles. The summed E-state index contributed by atoms with van der Waals surface area (Å²) in [7, 11) is 1.40. The Morgan fingerprint density at radius 1 is 1.39 bits per heavy atom. The van der Waals surface area contributed by atoms with E-state index in [1.54, 1.807) is 12.1 Å². The van der Waals surface area contributed by atoms with E-state index < -0.39 is 30.4 Å². The number of carbonyl (C=O) groups is 1. The second-order valence-corrected chi connectivity index (χ2v) is 6.36. The highest BCUT2D eigenvalue weighted by atomic mass is 35.5. The number of methoxy groups -OCH3 is 1. The van der Waals surface area contributed by atoms with Crippen LogP contribution in [0, 0.1) is 4.77 Å². The quantitative estimate of drug-likeness (QED) is 0.532. The highest BCUT2D eigenvalue weighted by Crippen LogP contribution is 2.32. The highest BCUT2D eigenvalue weighted by Gasteiger charge is 2.42. The van der Waals surface area contributed by atoms with Crippen LogP contribution in [0.5, 0.6) is 5.75 Å². The van der Waals surface area contributed by atoms with Gasteiger partial charge in [0, 0.05) is 23.2 Å². The average molecular weight is 438 g/mol. The summed E-state index contributed by atoms with van der Waals surface area (Å²) >= 11 is 11.1. The van der Waals surface area contributed by atoms with Crippen molar-refractivity contribution in [2.75, 3.05) is 13.7 Å². The first-order valence-electron chi connectivity index (χ1n) is 7.72. The SMILES string of the molecule is COc1ccc(Cl)cc1-c1cc(=O)[nH]c(=S)n1C[C@@H](CN)OC(=O)C(F)(F)F. The maximum absolute atomic E-state index is 12.5. The number of esters is 1. The molecule has 0 spiro atoms. The van der Waals surface area contributed by atoms with Gasteiger partial charge >= 0.3 is 12.1 Å². The standard InChI is InChI=1S/C16H15ClF3N3O4S/c1-26-12-3-2-8(17)4-10(12)11-5-13(24)22-15(28)23(11)7-9(6-21)27-14(25)16(18,19)20/h2-5,9H,6-7,21H2,1H3,(H,22,24,28)/t9-/m1/s1. The van der Waals surface area contributed by atoms with Gasteiger partial charge in [-0.1, -0.05) is 11.6 Å². The van der Waals surface area contributed by atoms with Crippen LogP contribution in [0.4, 0.5) is 13.2 Å². The number of halogens is 4. The Kier molecular flexibility index (Phi) is 6.86. The smallest absolute Gasteiger partial charge is 0.490 e. The van der Waals surface area contributed by atoms with Crippen LogP contribution < -0.4 is 16.0 Å². The third-order valence-electron chi connectivity index (χ3n) is 3.63. The van der Waals surface area contributed by atoms with Gasteiger partial charge in [0.1, 0.15) is 11.9 Å². The molecule has 28 heavy (non-hydrogen) atoms. The number of aromatic amines is 1. The number of nitrogens with zero attached hydrogens (tertiary/aromatic N) is 1. The van der Waals surface area contributed by atoms with Gasteiger partial charge in [-0.25, -0.2) is 4.79 Å². The molecule has 1 heterocycles. The van der Waals surface area contributed by atoms with Gasteiger partial charge in [-0.05, 0) is 30.4 Å². The van der Waals surface area contributed by atoms with E-state index >= 15 is 0 Å². The number of nitrogens with one attached hydrogen (secondary N) is 1. The fourth-order valence-electron chi connectivity index (χ4n) is 2.39. The fourth-order valence-corrected chi connectivity index (χ4v) is 2.83. The molecule has 7 nitrogen and oxygen atoms in total. The zero-order valence-corrected chi connectivity index (χ0v) is 16.0. The number of ether oxygens (including phenoxy) is 2. The monoisotopic (exact) mass is 437 g/mol. The van der Waals surface area contributed by atoms with E-state index in [0.29, 0.717) is 16.3 Å². The first-order valence-corrected chi connectivity index (χ1v) is 8.51. The lowest BCUT2D eigenvalue weighted by atomic mass is 10.1. The number of H-pyrrole nitrogens is 1. The highest BCUT2D eigenvalue weighted by molar-refractivity contribution is 7.71. The van der Waals surface area contributed by atoms with E-state index in [1.807, 2.05) is 0 Å². The number of carbonyl (C=O) groups excluding carboxylic acids is 1. The zero-order valence-electron chi connectivity index (χ0n) is 14.4. The summed E-state index contributed by atoms with van der Waals surface area (Å²) < 4.78 is 48.3. The fraction of sp³-hybridized carbons (Fsp3) is 0.312. The topological polar surface area (TPSA) is 99.3 Å². The van der Waals surface area contributed by atoms with Crippen molar-refractivity contribution in [1.82, 2.24) is 9.55 Å². The van der Waals surface area contributed by atoms with Crippen molar-refractivity contribution in [1.29, 1.82) is 0 Å². The summed E-state index contributed by atoms with van der Waals surface area (Å²) in [4.78, 5) is 25.4. The molecule has 152 valence electrons. The lowest BCUT2D eigenvalue weighted by Gasteiger charge is -2.21. The summed E-state index contributed by atoms with van der Waals surface area (Å²) in [6.45, 7) is -0.742. The summed E-state index contributed by atoms with van der Waals surface area (Å²) in [5.74, 6) is -2.03. The number of rotatable bonds is 6. The Morgan fingerprint density at radius 3 is 2.64 bits per heavy atom. The molecule has 0 bridgehead atoms. The molecular weight excluding hydrogens is 423 g/mol. The first kappa shape index (κ1) is 21.9. The predicted molar refractivity (Wildman–Crippen MR) is 97.9 cm³/mol. The van der Waals surface area contributed by atoms with E-state index in [9.17, 15) is 22.8 Å². The molecule has 2 aromatic rings. The van der Waals surface area contributed by atoms with Crippen LogP contribution in [-0.2, 0) is 16.1 Å². The minimum absolute atomic E-state index is 0.106. The van der Waals surface area contributed by atoms with E-state index in [2.05, 4.69) is 9.72 Å². The molecule has 1 aromatic carbocycles. The van der Waals surface area contributed by atoms with Gasteiger partial charge in [-0.2, -0.15) is 13.2 Å². The van der Waals surface area contributed by atoms with Gasteiger partial charge in [0.15, 0.2) is 4.77 Å². The molecular formula is C16H15ClF3N3O4S. The molecule has 3 N–H and O–H groups in total. The Labute approximate surface area is 166 Å². The number of alkyl halides is 3. The van der Waals surface area contributed by atoms with E-state index in [1.165, 1.54) is 23.8 Å². The normalized spacial score (nSPS) is 12.5. The van der Waals surface area contributed by atoms with Crippen LogP contribution in [0.3, 0.4) is 0 Å². The lowest BCUT2D eigenvalue weighted by Crippen LogP contribution is -2.37. The van der Waals surface area contributed by atoms with Gasteiger partial charge in [0.2, 0.25) is 0 Å². The van der Waals surface area contributed by atoms with E-state index in [-0.39, 0.29) is 17.0 Å². The summed E-state index contributed by atoms with van der Waals surface area (Å²) in [5.41, 5.74) is 5.47. The van der Waals surface area contributed by atoms with Crippen LogP contribution in [-0.4, -0.2) is 41.5 Å². The van der Waals surface area contributed by atoms with Gasteiger partial charge in [-0.15, -0.1) is 0 Å². The molecule has 12 heteroatoms. The van der Waals surface area contributed by atoms with Crippen LogP contribution >= 0.6 is 23.8 Å². The number of hydrogen-bond donors (Lipinski definition) is 2. The first-order chi connectivity index (χ1) is 13.1. The molecule has 0 aliphatic carbocycles. The minimum atomic E-state index is -5.17. The largest absolute Gasteiger partial charge is 0.496 e. The Morgan fingerprint density at radius 2 is 2.07 bits per heavy atom. The van der Waals surface area contributed by atoms with Crippen LogP contribution in [0.2, 0.25) is 5.02 Å². The number of hydrogen-bond acceptors (Lipinski definition) is 6. The summed E-state index contributed by atoms with van der Waals surface area (Å²) in [5, 5.41) is 0.326. The summed E-state index contributed by atoms with van der Waals surface area (Å²) in [6, 6.07) is 5.78. The van der Waals surface area contributed by atoms with E-state index in [4.69, 9.17) is 34.3 Å². The maximum Gasteiger partial charge on any atom is 0.490 e. The second kappa shape index (κ2) is 8.76. The van der Waals surface area contributed by atoms with Gasteiger partial charge in [-0.3, -0.25) is 9.78 Å². The molecule has 0 fully saturated rings. The lowest BCUT2D eigenvalue weighted by molar-refractivity contribution is -0.205. The van der Waals surface area contributed by atoms with Gasteiger partial charge in [0.05, 0.1) is 19.3 Å². The van der Waals surface area contributed by atoms with Crippen molar-refractivity contribution < 1.29 is 27.4 Å². The van der Waals surface area contributed by atoms with Crippen molar-refractivity contribution in [3.05, 3.63) is 44.4 Å². The predicted octanol–water partition coefficient (Wildman–Crippen LogP) is 2.67. The van der Waals surface area contributed by atoms with Gasteiger partial charge < -0.3 is 19.8 Å².